The molecule has 0 aromatic heterocycles. The molecule has 0 amide bonds. The Labute approximate surface area is 82.2 Å². The molecule has 0 unspecified atom stereocenters. The van der Waals surface area contributed by atoms with Crippen LogP contribution in [0, 0.1) is 12.2 Å². The van der Waals surface area contributed by atoms with E-state index in [0.29, 0.717) is 0 Å². The van der Waals surface area contributed by atoms with Crippen molar-refractivity contribution in [3.63, 3.8) is 0 Å². The molecule has 0 aliphatic heterocycles. The third kappa shape index (κ3) is 4.78. The summed E-state index contributed by atoms with van der Waals surface area (Å²) in [6.07, 6.45) is 3.82. The van der Waals surface area contributed by atoms with E-state index in [1.165, 1.54) is 13.8 Å². The lowest BCUT2D eigenvalue weighted by Crippen LogP contribution is -2.02. The molecule has 0 aliphatic rings. The zero-order valence-corrected chi connectivity index (χ0v) is 8.05. The number of esters is 2. The summed E-state index contributed by atoms with van der Waals surface area (Å²) in [6, 6.07) is 0. The van der Waals surface area contributed by atoms with Crippen molar-refractivity contribution in [1.29, 1.82) is 0 Å². The highest BCUT2D eigenvalue weighted by atomic mass is 16.6. The highest BCUT2D eigenvalue weighted by molar-refractivity contribution is 5.88. The van der Waals surface area contributed by atoms with Crippen LogP contribution in [0.4, 0.5) is 0 Å². The first-order valence-corrected chi connectivity index (χ1v) is 3.68. The lowest BCUT2D eigenvalue weighted by Gasteiger charge is -1.93. The minimum absolute atomic E-state index is 0.213. The van der Waals surface area contributed by atoms with Crippen LogP contribution in [0.3, 0.4) is 0 Å². The maximum Gasteiger partial charge on any atom is 0.347 e. The van der Waals surface area contributed by atoms with E-state index in [1.54, 1.807) is 0 Å². The van der Waals surface area contributed by atoms with Crippen LogP contribution in [0.15, 0.2) is 24.3 Å². The Morgan fingerprint density at radius 3 is 1.43 bits per heavy atom. The Hall–Kier alpha value is -2.02. The van der Waals surface area contributed by atoms with Crippen LogP contribution in [0.1, 0.15) is 13.8 Å². The van der Waals surface area contributed by atoms with Gasteiger partial charge in [0, 0.05) is 11.1 Å². The average molecular weight is 194 g/mol. The van der Waals surface area contributed by atoms with Crippen LogP contribution < -0.4 is 0 Å². The van der Waals surface area contributed by atoms with Crippen molar-refractivity contribution in [3.8, 4) is 12.2 Å². The summed E-state index contributed by atoms with van der Waals surface area (Å²) in [5, 5.41) is 0. The molecule has 14 heavy (non-hydrogen) atoms. The summed E-state index contributed by atoms with van der Waals surface area (Å²) in [5.74, 6) is -1.33. The highest BCUT2D eigenvalue weighted by Crippen LogP contribution is 1.91. The molecule has 0 aromatic carbocycles. The first-order chi connectivity index (χ1) is 6.45. The van der Waals surface area contributed by atoms with Crippen molar-refractivity contribution in [1.82, 2.24) is 0 Å². The van der Waals surface area contributed by atoms with Gasteiger partial charge in [-0.3, -0.25) is 0 Å². The Kier molecular flexibility index (Phi) is 4.79. The first-order valence-electron chi connectivity index (χ1n) is 3.68. The van der Waals surface area contributed by atoms with Crippen molar-refractivity contribution in [2.75, 3.05) is 0 Å². The fourth-order valence-electron chi connectivity index (χ4n) is 0.309. The molecule has 0 saturated carbocycles. The number of carbonyl (C=O) groups excluding carboxylic acids is 2. The number of carbonyl (C=O) groups is 2. The second-order valence-electron chi connectivity index (χ2n) is 2.54. The largest absolute Gasteiger partial charge is 0.365 e. The maximum absolute atomic E-state index is 10.7. The van der Waals surface area contributed by atoms with Crippen LogP contribution in [-0.2, 0) is 19.1 Å². The van der Waals surface area contributed by atoms with Gasteiger partial charge in [0.15, 0.2) is 12.2 Å². The SMILES string of the molecule is C=C(C)C(=O)OC#COC(=O)C(=C)C. The predicted octanol–water partition coefficient (Wildman–Crippen LogP) is 1.14. The maximum atomic E-state index is 10.7. The molecule has 4 nitrogen and oxygen atoms in total. The topological polar surface area (TPSA) is 52.6 Å². The smallest absolute Gasteiger partial charge is 0.347 e. The van der Waals surface area contributed by atoms with Gasteiger partial charge >= 0.3 is 11.9 Å². The average Bonchev–Trinajstić information content (AvgIpc) is 2.11. The fraction of sp³-hybridized carbons (Fsp3) is 0.200. The molecule has 0 atom stereocenters. The van der Waals surface area contributed by atoms with Gasteiger partial charge in [0.1, 0.15) is 0 Å². The Balaban J connectivity index is 3.97. The quantitative estimate of drug-likeness (QED) is 0.376. The predicted molar refractivity (Wildman–Crippen MR) is 49.6 cm³/mol. The van der Waals surface area contributed by atoms with Crippen molar-refractivity contribution < 1.29 is 19.1 Å². The number of hydrogen-bond acceptors (Lipinski definition) is 4. The molecule has 0 heterocycles. The fourth-order valence-corrected chi connectivity index (χ4v) is 0.309. The van der Waals surface area contributed by atoms with Crippen LogP contribution in [-0.4, -0.2) is 11.9 Å². The molecule has 0 aromatic rings. The van der Waals surface area contributed by atoms with E-state index in [2.05, 4.69) is 22.6 Å². The summed E-state index contributed by atoms with van der Waals surface area (Å²) in [6.45, 7) is 9.62. The van der Waals surface area contributed by atoms with E-state index in [9.17, 15) is 9.59 Å². The number of rotatable bonds is 2. The van der Waals surface area contributed by atoms with E-state index >= 15 is 0 Å². The zero-order valence-electron chi connectivity index (χ0n) is 8.05. The molecule has 4 heteroatoms. The van der Waals surface area contributed by atoms with Gasteiger partial charge in [0.25, 0.3) is 0 Å². The molecule has 74 valence electrons. The van der Waals surface area contributed by atoms with E-state index in [0.717, 1.165) is 0 Å². The second-order valence-corrected chi connectivity index (χ2v) is 2.54. The van der Waals surface area contributed by atoms with Crippen molar-refractivity contribution in [2.24, 2.45) is 0 Å². The van der Waals surface area contributed by atoms with Gasteiger partial charge < -0.3 is 9.47 Å². The van der Waals surface area contributed by atoms with E-state index in [-0.39, 0.29) is 11.1 Å². The summed E-state index contributed by atoms with van der Waals surface area (Å²) in [4.78, 5) is 21.5. The Morgan fingerprint density at radius 1 is 0.929 bits per heavy atom. The lowest BCUT2D eigenvalue weighted by atomic mass is 10.4. The van der Waals surface area contributed by atoms with Gasteiger partial charge in [0.2, 0.25) is 0 Å². The zero-order chi connectivity index (χ0) is 11.1. The van der Waals surface area contributed by atoms with Crippen LogP contribution in [0.2, 0.25) is 0 Å². The van der Waals surface area contributed by atoms with Gasteiger partial charge in [-0.25, -0.2) is 9.59 Å². The lowest BCUT2D eigenvalue weighted by molar-refractivity contribution is -0.134. The van der Waals surface area contributed by atoms with Gasteiger partial charge in [-0.2, -0.15) is 0 Å². The molecular weight excluding hydrogens is 184 g/mol. The molecule has 0 radical (unpaired) electrons. The van der Waals surface area contributed by atoms with Gasteiger partial charge in [0.05, 0.1) is 0 Å². The standard InChI is InChI=1S/C10H10O4/c1-7(2)9(11)13-5-6-14-10(12)8(3)4/h1,3H2,2,4H3. The van der Waals surface area contributed by atoms with Crippen LogP contribution >= 0.6 is 0 Å². The molecule has 0 N–H and O–H groups in total. The molecule has 0 fully saturated rings. The van der Waals surface area contributed by atoms with Gasteiger partial charge in [-0.15, -0.1) is 0 Å². The third-order valence-electron chi connectivity index (χ3n) is 1.03. The van der Waals surface area contributed by atoms with E-state index in [4.69, 9.17) is 0 Å². The monoisotopic (exact) mass is 194 g/mol. The summed E-state index contributed by atoms with van der Waals surface area (Å²) >= 11 is 0. The summed E-state index contributed by atoms with van der Waals surface area (Å²) < 4.78 is 8.65. The molecule has 0 spiro atoms. The minimum atomic E-state index is -0.663. The summed E-state index contributed by atoms with van der Waals surface area (Å²) in [7, 11) is 0. The van der Waals surface area contributed by atoms with Crippen molar-refractivity contribution in [3.05, 3.63) is 24.3 Å². The van der Waals surface area contributed by atoms with Crippen molar-refractivity contribution in [2.45, 2.75) is 13.8 Å². The van der Waals surface area contributed by atoms with Crippen LogP contribution in [0.5, 0.6) is 0 Å². The molecule has 0 rings (SSSR count). The molecule has 0 bridgehead atoms. The Bertz CT molecular complexity index is 309. The second kappa shape index (κ2) is 5.60. The van der Waals surface area contributed by atoms with E-state index < -0.39 is 11.9 Å². The van der Waals surface area contributed by atoms with E-state index in [1.807, 2.05) is 12.2 Å². The highest BCUT2D eigenvalue weighted by Gasteiger charge is 2.01. The Morgan fingerprint density at radius 2 is 1.21 bits per heavy atom. The summed E-state index contributed by atoms with van der Waals surface area (Å²) in [5.41, 5.74) is 0.427. The van der Waals surface area contributed by atoms with Crippen molar-refractivity contribution >= 4 is 11.9 Å². The number of hydrogen-bond donors (Lipinski definition) is 0. The number of ether oxygens (including phenoxy) is 2. The van der Waals surface area contributed by atoms with Crippen LogP contribution in [0.25, 0.3) is 0 Å². The normalized spacial score (nSPS) is 7.86. The van der Waals surface area contributed by atoms with Gasteiger partial charge in [-0.1, -0.05) is 13.2 Å². The minimum Gasteiger partial charge on any atom is -0.365 e. The molecule has 0 saturated heterocycles. The van der Waals surface area contributed by atoms with Gasteiger partial charge in [-0.05, 0) is 13.8 Å². The molecular formula is C10H10O4. The third-order valence-corrected chi connectivity index (χ3v) is 1.03. The molecule has 0 aliphatic carbocycles. The first kappa shape index (κ1) is 12.0.